The number of nitrogens with one attached hydrogen (secondary N) is 2. The molecule has 0 aromatic heterocycles. The lowest BCUT2D eigenvalue weighted by Crippen LogP contribution is -2.32. The van der Waals surface area contributed by atoms with Gasteiger partial charge in [0.1, 0.15) is 0 Å². The second-order valence-electron chi connectivity index (χ2n) is 5.47. The first-order chi connectivity index (χ1) is 9.11. The third-order valence-electron chi connectivity index (χ3n) is 3.95. The molecule has 1 saturated carbocycles. The summed E-state index contributed by atoms with van der Waals surface area (Å²) >= 11 is 6.27. The lowest BCUT2D eigenvalue weighted by atomic mass is 9.91. The zero-order valence-corrected chi connectivity index (χ0v) is 11.5. The van der Waals surface area contributed by atoms with Gasteiger partial charge in [0, 0.05) is 17.8 Å². The maximum absolute atomic E-state index is 11.4. The quantitative estimate of drug-likeness (QED) is 0.779. The molecule has 4 N–H and O–H groups in total. The Morgan fingerprint density at radius 3 is 2.74 bits per heavy atom. The van der Waals surface area contributed by atoms with Crippen molar-refractivity contribution in [2.45, 2.75) is 44.2 Å². The molecule has 1 fully saturated rings. The predicted molar refractivity (Wildman–Crippen MR) is 77.6 cm³/mol. The summed E-state index contributed by atoms with van der Waals surface area (Å²) in [4.78, 5) is 11.4. The Kier molecular flexibility index (Phi) is 3.37. The van der Waals surface area contributed by atoms with Gasteiger partial charge in [0.2, 0.25) is 5.91 Å². The molecule has 5 heteroatoms. The SMILES string of the molecule is NC1CCC(Nc2cc3c(cc2Cl)NC(=O)C3)CC1. The minimum Gasteiger partial charge on any atom is -0.381 e. The largest absolute Gasteiger partial charge is 0.381 e. The van der Waals surface area contributed by atoms with Gasteiger partial charge in [-0.2, -0.15) is 0 Å². The molecule has 1 aromatic rings. The van der Waals surface area contributed by atoms with Gasteiger partial charge in [0.05, 0.1) is 17.1 Å². The number of rotatable bonds is 2. The third-order valence-corrected chi connectivity index (χ3v) is 4.26. The van der Waals surface area contributed by atoms with Crippen molar-refractivity contribution in [3.05, 3.63) is 22.7 Å². The molecule has 0 unspecified atom stereocenters. The number of amides is 1. The van der Waals surface area contributed by atoms with E-state index in [9.17, 15) is 4.79 Å². The maximum Gasteiger partial charge on any atom is 0.228 e. The highest BCUT2D eigenvalue weighted by molar-refractivity contribution is 6.33. The number of fused-ring (bicyclic) bond motifs is 1. The molecule has 4 nitrogen and oxygen atoms in total. The van der Waals surface area contributed by atoms with E-state index in [1.54, 1.807) is 0 Å². The summed E-state index contributed by atoms with van der Waals surface area (Å²) in [6.45, 7) is 0. The highest BCUT2D eigenvalue weighted by atomic mass is 35.5. The lowest BCUT2D eigenvalue weighted by molar-refractivity contribution is -0.115. The Bertz CT molecular complexity index is 510. The number of nitrogens with two attached hydrogens (primary N) is 1. The van der Waals surface area contributed by atoms with Crippen LogP contribution in [0.25, 0.3) is 0 Å². The van der Waals surface area contributed by atoms with Crippen molar-refractivity contribution < 1.29 is 4.79 Å². The molecule has 1 aliphatic heterocycles. The Hall–Kier alpha value is -1.26. The topological polar surface area (TPSA) is 67.2 Å². The molecule has 0 saturated heterocycles. The number of benzene rings is 1. The second-order valence-corrected chi connectivity index (χ2v) is 5.88. The van der Waals surface area contributed by atoms with Gasteiger partial charge in [-0.3, -0.25) is 4.79 Å². The van der Waals surface area contributed by atoms with Crippen LogP contribution < -0.4 is 16.4 Å². The molecule has 0 spiro atoms. The Morgan fingerprint density at radius 2 is 2.00 bits per heavy atom. The number of carbonyl (C=O) groups is 1. The number of carbonyl (C=O) groups excluding carboxylic acids is 1. The molecule has 102 valence electrons. The van der Waals surface area contributed by atoms with Crippen LogP contribution in [0.1, 0.15) is 31.2 Å². The van der Waals surface area contributed by atoms with E-state index in [1.165, 1.54) is 0 Å². The molecule has 2 aliphatic rings. The van der Waals surface area contributed by atoms with Crippen LogP contribution in [0.15, 0.2) is 12.1 Å². The average Bonchev–Trinajstić information content (AvgIpc) is 2.72. The third kappa shape index (κ3) is 2.69. The van der Waals surface area contributed by atoms with Crippen molar-refractivity contribution in [2.24, 2.45) is 5.73 Å². The van der Waals surface area contributed by atoms with Gasteiger partial charge in [-0.05, 0) is 43.4 Å². The second kappa shape index (κ2) is 5.02. The van der Waals surface area contributed by atoms with Crippen LogP contribution in [0.2, 0.25) is 5.02 Å². The summed E-state index contributed by atoms with van der Waals surface area (Å²) < 4.78 is 0. The van der Waals surface area contributed by atoms with Crippen LogP contribution in [0.4, 0.5) is 11.4 Å². The van der Waals surface area contributed by atoms with Crippen molar-refractivity contribution in [1.82, 2.24) is 0 Å². The monoisotopic (exact) mass is 279 g/mol. The zero-order chi connectivity index (χ0) is 13.4. The molecule has 0 atom stereocenters. The van der Waals surface area contributed by atoms with E-state index >= 15 is 0 Å². The Balaban J connectivity index is 1.75. The fourth-order valence-electron chi connectivity index (χ4n) is 2.84. The molecular formula is C14H18ClN3O. The summed E-state index contributed by atoms with van der Waals surface area (Å²) in [5.41, 5.74) is 8.69. The molecule has 1 aromatic carbocycles. The standard InChI is InChI=1S/C14H18ClN3O/c15-11-7-12-8(6-14(19)18-12)5-13(11)17-10-3-1-9(16)2-4-10/h5,7,9-10,17H,1-4,6,16H2,(H,18,19). The van der Waals surface area contributed by atoms with Crippen LogP contribution in [-0.2, 0) is 11.2 Å². The van der Waals surface area contributed by atoms with Crippen LogP contribution in [0.3, 0.4) is 0 Å². The summed E-state index contributed by atoms with van der Waals surface area (Å²) in [6, 6.07) is 4.60. The van der Waals surface area contributed by atoms with Gasteiger partial charge in [0.25, 0.3) is 0 Å². The van der Waals surface area contributed by atoms with Gasteiger partial charge in [-0.15, -0.1) is 0 Å². The maximum atomic E-state index is 11.4. The smallest absolute Gasteiger partial charge is 0.228 e. The van der Waals surface area contributed by atoms with Crippen molar-refractivity contribution in [1.29, 1.82) is 0 Å². The molecule has 3 rings (SSSR count). The summed E-state index contributed by atoms with van der Waals surface area (Å²) in [5.74, 6) is 0.0341. The molecule has 19 heavy (non-hydrogen) atoms. The van der Waals surface area contributed by atoms with E-state index in [2.05, 4.69) is 10.6 Å². The summed E-state index contributed by atoms with van der Waals surface area (Å²) in [5, 5.41) is 6.96. The van der Waals surface area contributed by atoms with Crippen LogP contribution in [0.5, 0.6) is 0 Å². The van der Waals surface area contributed by atoms with Crippen LogP contribution in [0, 0.1) is 0 Å². The van der Waals surface area contributed by atoms with Gasteiger partial charge in [0.15, 0.2) is 0 Å². The highest BCUT2D eigenvalue weighted by Gasteiger charge is 2.22. The van der Waals surface area contributed by atoms with Gasteiger partial charge in [-0.1, -0.05) is 11.6 Å². The number of anilines is 2. The fourth-order valence-corrected chi connectivity index (χ4v) is 3.06. The van der Waals surface area contributed by atoms with Crippen LogP contribution >= 0.6 is 11.6 Å². The molecule has 0 radical (unpaired) electrons. The fraction of sp³-hybridized carbons (Fsp3) is 0.500. The van der Waals surface area contributed by atoms with Crippen molar-refractivity contribution in [3.8, 4) is 0 Å². The van der Waals surface area contributed by atoms with Gasteiger partial charge >= 0.3 is 0 Å². The summed E-state index contributed by atoms with van der Waals surface area (Å²) in [7, 11) is 0. The first-order valence-electron chi connectivity index (χ1n) is 6.76. The van der Waals surface area contributed by atoms with Gasteiger partial charge in [-0.25, -0.2) is 0 Å². The van der Waals surface area contributed by atoms with E-state index in [0.29, 0.717) is 23.5 Å². The van der Waals surface area contributed by atoms with Crippen LogP contribution in [-0.4, -0.2) is 18.0 Å². The molecule has 0 bridgehead atoms. The first kappa shape index (κ1) is 12.8. The molecule has 1 aliphatic carbocycles. The van der Waals surface area contributed by atoms with E-state index < -0.39 is 0 Å². The summed E-state index contributed by atoms with van der Waals surface area (Å²) in [6.07, 6.45) is 4.70. The Labute approximate surface area is 117 Å². The minimum absolute atomic E-state index is 0.0341. The Morgan fingerprint density at radius 1 is 1.26 bits per heavy atom. The van der Waals surface area contributed by atoms with E-state index in [1.807, 2.05) is 12.1 Å². The van der Waals surface area contributed by atoms with Crippen molar-refractivity contribution >= 4 is 28.9 Å². The number of hydrogen-bond acceptors (Lipinski definition) is 3. The first-order valence-corrected chi connectivity index (χ1v) is 7.14. The lowest BCUT2D eigenvalue weighted by Gasteiger charge is -2.28. The highest BCUT2D eigenvalue weighted by Crippen LogP contribution is 2.34. The van der Waals surface area contributed by atoms with E-state index in [4.69, 9.17) is 17.3 Å². The normalized spacial score (nSPS) is 25.9. The van der Waals surface area contributed by atoms with Gasteiger partial charge < -0.3 is 16.4 Å². The van der Waals surface area contributed by atoms with E-state index in [-0.39, 0.29) is 5.91 Å². The zero-order valence-electron chi connectivity index (χ0n) is 10.7. The molecular weight excluding hydrogens is 262 g/mol. The van der Waals surface area contributed by atoms with Crippen molar-refractivity contribution in [2.75, 3.05) is 10.6 Å². The predicted octanol–water partition coefficient (Wildman–Crippen LogP) is 2.52. The average molecular weight is 280 g/mol. The van der Waals surface area contributed by atoms with E-state index in [0.717, 1.165) is 42.6 Å². The molecule has 1 heterocycles. The van der Waals surface area contributed by atoms with Crippen molar-refractivity contribution in [3.63, 3.8) is 0 Å². The molecule has 1 amide bonds. The minimum atomic E-state index is 0.0341. The number of hydrogen-bond donors (Lipinski definition) is 3. The number of halogens is 1.